The maximum atomic E-state index is 10.0. The van der Waals surface area contributed by atoms with Crippen LogP contribution in [-0.4, -0.2) is 12.9 Å². The third-order valence-electron chi connectivity index (χ3n) is 1.21. The van der Waals surface area contributed by atoms with E-state index in [1.807, 2.05) is 18.2 Å². The number of carbonyl (C=O) groups is 1. The normalized spacial score (nSPS) is 9.50. The van der Waals surface area contributed by atoms with E-state index in [0.29, 0.717) is 12.0 Å². The highest BCUT2D eigenvalue weighted by Crippen LogP contribution is 2.32. The van der Waals surface area contributed by atoms with Crippen LogP contribution in [0.15, 0.2) is 27.1 Å². The molecular weight excluding hydrogens is 288 g/mol. The summed E-state index contributed by atoms with van der Waals surface area (Å²) < 4.78 is 6.82. The molecule has 0 saturated heterocycles. The Morgan fingerprint density at radius 2 is 1.92 bits per heavy atom. The van der Waals surface area contributed by atoms with Gasteiger partial charge in [0, 0.05) is 0 Å². The average molecular weight is 294 g/mol. The summed E-state index contributed by atoms with van der Waals surface area (Å²) in [5.74, 6) is 0.657. The molecule has 64 valence electrons. The summed E-state index contributed by atoms with van der Waals surface area (Å²) in [4.78, 5) is 10.0. The maximum absolute atomic E-state index is 10.0. The summed E-state index contributed by atoms with van der Waals surface area (Å²) in [6, 6.07) is 5.58. The van der Waals surface area contributed by atoms with Gasteiger partial charge in [0.05, 0.1) is 8.95 Å². The molecule has 0 aromatic heterocycles. The zero-order valence-corrected chi connectivity index (χ0v) is 9.26. The van der Waals surface area contributed by atoms with Crippen molar-refractivity contribution in [2.75, 3.05) is 6.61 Å². The number of aldehydes is 1. The number of hydrogen-bond acceptors (Lipinski definition) is 2. The van der Waals surface area contributed by atoms with E-state index >= 15 is 0 Å². The second-order valence-corrected chi connectivity index (χ2v) is 3.74. The molecule has 12 heavy (non-hydrogen) atoms. The largest absolute Gasteiger partial charge is 0.484 e. The van der Waals surface area contributed by atoms with Gasteiger partial charge in [-0.3, -0.25) is 4.79 Å². The second-order valence-electron chi connectivity index (χ2n) is 2.03. The molecule has 1 aromatic carbocycles. The average Bonchev–Trinajstić information content (AvgIpc) is 2.04. The van der Waals surface area contributed by atoms with E-state index in [-0.39, 0.29) is 6.61 Å². The number of benzene rings is 1. The van der Waals surface area contributed by atoms with Crippen molar-refractivity contribution in [1.82, 2.24) is 0 Å². The molecule has 0 spiro atoms. The number of hydrogen-bond donors (Lipinski definition) is 0. The molecule has 0 unspecified atom stereocenters. The van der Waals surface area contributed by atoms with Crippen LogP contribution in [0.3, 0.4) is 0 Å². The van der Waals surface area contributed by atoms with Gasteiger partial charge < -0.3 is 4.74 Å². The van der Waals surface area contributed by atoms with Crippen LogP contribution in [0.5, 0.6) is 5.75 Å². The number of rotatable bonds is 3. The van der Waals surface area contributed by atoms with Crippen LogP contribution in [0, 0.1) is 0 Å². The monoisotopic (exact) mass is 292 g/mol. The molecule has 0 saturated carbocycles. The van der Waals surface area contributed by atoms with Gasteiger partial charge in [0.25, 0.3) is 0 Å². The first-order valence-corrected chi connectivity index (χ1v) is 4.84. The van der Waals surface area contributed by atoms with Crippen LogP contribution in [0.25, 0.3) is 0 Å². The first-order chi connectivity index (χ1) is 5.75. The quantitative estimate of drug-likeness (QED) is 0.801. The van der Waals surface area contributed by atoms with Gasteiger partial charge >= 0.3 is 0 Å². The molecule has 0 heterocycles. The van der Waals surface area contributed by atoms with Crippen molar-refractivity contribution in [1.29, 1.82) is 0 Å². The molecule has 2 nitrogen and oxygen atoms in total. The van der Waals surface area contributed by atoms with E-state index in [1.165, 1.54) is 0 Å². The number of carbonyl (C=O) groups excluding carboxylic acids is 1. The Hall–Kier alpha value is -0.350. The van der Waals surface area contributed by atoms with Gasteiger partial charge in [-0.25, -0.2) is 0 Å². The molecule has 0 fully saturated rings. The first kappa shape index (κ1) is 9.74. The lowest BCUT2D eigenvalue weighted by Gasteiger charge is -2.06. The van der Waals surface area contributed by atoms with Crippen LogP contribution in [0.2, 0.25) is 0 Å². The maximum Gasteiger partial charge on any atom is 0.157 e. The summed E-state index contributed by atoms with van der Waals surface area (Å²) >= 11 is 6.61. The fourth-order valence-electron chi connectivity index (χ4n) is 0.738. The fourth-order valence-corrected chi connectivity index (χ4v) is 1.97. The molecule has 4 heteroatoms. The minimum atomic E-state index is 0.0706. The molecule has 0 aliphatic rings. The summed E-state index contributed by atoms with van der Waals surface area (Å²) in [5.41, 5.74) is 0. The topological polar surface area (TPSA) is 26.3 Å². The molecule has 0 atom stereocenters. The van der Waals surface area contributed by atoms with Crippen LogP contribution < -0.4 is 4.74 Å². The molecule has 0 aliphatic heterocycles. The molecule has 1 rings (SSSR count). The van der Waals surface area contributed by atoms with E-state index in [0.717, 1.165) is 8.95 Å². The van der Waals surface area contributed by atoms with Gasteiger partial charge in [-0.2, -0.15) is 0 Å². The van der Waals surface area contributed by atoms with E-state index in [2.05, 4.69) is 31.9 Å². The standard InChI is InChI=1S/C8H6Br2O2/c9-6-2-1-3-7(10)8(6)12-5-4-11/h1-4H,5H2. The Morgan fingerprint density at radius 1 is 1.33 bits per heavy atom. The Labute approximate surface area is 87.2 Å². The Kier molecular flexibility index (Phi) is 3.75. The zero-order valence-electron chi connectivity index (χ0n) is 6.09. The van der Waals surface area contributed by atoms with E-state index in [1.54, 1.807) is 0 Å². The zero-order chi connectivity index (χ0) is 8.97. The highest BCUT2D eigenvalue weighted by molar-refractivity contribution is 9.11. The summed E-state index contributed by atoms with van der Waals surface area (Å²) in [7, 11) is 0. The van der Waals surface area contributed by atoms with Crippen molar-refractivity contribution < 1.29 is 9.53 Å². The van der Waals surface area contributed by atoms with Crippen molar-refractivity contribution in [3.63, 3.8) is 0 Å². The van der Waals surface area contributed by atoms with Crippen LogP contribution >= 0.6 is 31.9 Å². The van der Waals surface area contributed by atoms with Gasteiger partial charge in [-0.05, 0) is 44.0 Å². The minimum absolute atomic E-state index is 0.0706. The predicted molar refractivity (Wildman–Crippen MR) is 53.4 cm³/mol. The molecule has 0 N–H and O–H groups in total. The van der Waals surface area contributed by atoms with Crippen molar-refractivity contribution in [3.8, 4) is 5.75 Å². The molecule has 0 aliphatic carbocycles. The summed E-state index contributed by atoms with van der Waals surface area (Å²) in [6.45, 7) is 0.0706. The molecular formula is C8H6Br2O2. The number of para-hydroxylation sites is 1. The smallest absolute Gasteiger partial charge is 0.157 e. The lowest BCUT2D eigenvalue weighted by Crippen LogP contribution is -1.98. The van der Waals surface area contributed by atoms with E-state index in [4.69, 9.17) is 4.74 Å². The SMILES string of the molecule is O=CCOc1c(Br)cccc1Br. The lowest BCUT2D eigenvalue weighted by molar-refractivity contribution is -0.109. The van der Waals surface area contributed by atoms with Gasteiger partial charge in [0.2, 0.25) is 0 Å². The fraction of sp³-hybridized carbons (Fsp3) is 0.125. The molecule has 0 bridgehead atoms. The van der Waals surface area contributed by atoms with Gasteiger partial charge in [-0.1, -0.05) is 6.07 Å². The molecule has 1 aromatic rings. The number of ether oxygens (including phenoxy) is 1. The second kappa shape index (κ2) is 4.62. The Balaban J connectivity index is 2.88. The summed E-state index contributed by atoms with van der Waals surface area (Å²) in [5, 5.41) is 0. The van der Waals surface area contributed by atoms with Crippen molar-refractivity contribution in [3.05, 3.63) is 27.1 Å². The third kappa shape index (κ3) is 2.32. The van der Waals surface area contributed by atoms with Gasteiger partial charge in [-0.15, -0.1) is 0 Å². The Bertz CT molecular complexity index is 266. The van der Waals surface area contributed by atoms with Crippen LogP contribution in [0.4, 0.5) is 0 Å². The summed E-state index contributed by atoms with van der Waals surface area (Å²) in [6.07, 6.45) is 0.714. The van der Waals surface area contributed by atoms with Gasteiger partial charge in [0.15, 0.2) is 6.29 Å². The minimum Gasteiger partial charge on any atom is -0.484 e. The molecule has 0 radical (unpaired) electrons. The van der Waals surface area contributed by atoms with E-state index < -0.39 is 0 Å². The van der Waals surface area contributed by atoms with Crippen molar-refractivity contribution in [2.45, 2.75) is 0 Å². The van der Waals surface area contributed by atoms with Crippen LogP contribution in [-0.2, 0) is 4.79 Å². The number of halogens is 2. The first-order valence-electron chi connectivity index (χ1n) is 3.26. The van der Waals surface area contributed by atoms with Gasteiger partial charge in [0.1, 0.15) is 12.4 Å². The van der Waals surface area contributed by atoms with Crippen LogP contribution in [0.1, 0.15) is 0 Å². The highest BCUT2D eigenvalue weighted by atomic mass is 79.9. The Morgan fingerprint density at radius 3 is 2.42 bits per heavy atom. The third-order valence-corrected chi connectivity index (χ3v) is 2.46. The van der Waals surface area contributed by atoms with Crippen molar-refractivity contribution in [2.24, 2.45) is 0 Å². The predicted octanol–water partition coefficient (Wildman–Crippen LogP) is 2.79. The van der Waals surface area contributed by atoms with Crippen molar-refractivity contribution >= 4 is 38.1 Å². The lowest BCUT2D eigenvalue weighted by atomic mass is 10.3. The highest BCUT2D eigenvalue weighted by Gasteiger charge is 2.04. The molecule has 0 amide bonds. The van der Waals surface area contributed by atoms with E-state index in [9.17, 15) is 4.79 Å².